The molecule has 2 aromatic rings. The van der Waals surface area contributed by atoms with Crippen LogP contribution < -0.4 is 5.32 Å². The van der Waals surface area contributed by atoms with Crippen molar-refractivity contribution in [1.29, 1.82) is 0 Å². The molecular weight excluding hydrogens is 358 g/mol. The second kappa shape index (κ2) is 5.43. The van der Waals surface area contributed by atoms with E-state index in [1.165, 1.54) is 21.3 Å². The van der Waals surface area contributed by atoms with E-state index >= 15 is 0 Å². The van der Waals surface area contributed by atoms with Crippen LogP contribution in [0, 0.1) is 12.8 Å². The van der Waals surface area contributed by atoms with Crippen LogP contribution in [-0.2, 0) is 0 Å². The van der Waals surface area contributed by atoms with Crippen LogP contribution in [0.3, 0.4) is 0 Å². The maximum Gasteiger partial charge on any atom is 0.0565 e. The van der Waals surface area contributed by atoms with E-state index in [1.807, 2.05) is 6.07 Å². The summed E-state index contributed by atoms with van der Waals surface area (Å²) in [5.41, 5.74) is 5.06. The average Bonchev–Trinajstić information content (AvgIpc) is 3.00. The summed E-state index contributed by atoms with van der Waals surface area (Å²) in [5, 5.41) is 4.61. The van der Waals surface area contributed by atoms with Crippen molar-refractivity contribution in [2.45, 2.75) is 25.3 Å². The van der Waals surface area contributed by atoms with Crippen LogP contribution in [-0.4, -0.2) is 0 Å². The normalized spacial score (nSPS) is 25.5. The van der Waals surface area contributed by atoms with Gasteiger partial charge in [-0.3, -0.25) is 0 Å². The maximum absolute atomic E-state index is 6.35. The van der Waals surface area contributed by atoms with Gasteiger partial charge in [0.2, 0.25) is 0 Å². The van der Waals surface area contributed by atoms with Gasteiger partial charge in [-0.25, -0.2) is 0 Å². The van der Waals surface area contributed by atoms with Crippen LogP contribution in [0.2, 0.25) is 5.02 Å². The van der Waals surface area contributed by atoms with Gasteiger partial charge in [0.1, 0.15) is 0 Å². The Morgan fingerprint density at radius 2 is 1.95 bits per heavy atom. The Morgan fingerprint density at radius 1 is 1.14 bits per heavy atom. The Labute approximate surface area is 144 Å². The van der Waals surface area contributed by atoms with E-state index in [2.05, 4.69) is 70.7 Å². The summed E-state index contributed by atoms with van der Waals surface area (Å²) < 4.78 is 1.17. The predicted octanol–water partition coefficient (Wildman–Crippen LogP) is 6.24. The number of allylic oxidation sites excluding steroid dienone is 2. The van der Waals surface area contributed by atoms with Crippen LogP contribution in [0.1, 0.15) is 35.1 Å². The number of benzene rings is 2. The third-order valence-electron chi connectivity index (χ3n) is 4.97. The largest absolute Gasteiger partial charge is 0.377 e. The number of nitrogens with one attached hydrogen (secondary N) is 1. The fraction of sp³-hybridized carbons (Fsp3) is 0.263. The van der Waals surface area contributed by atoms with Crippen LogP contribution >= 0.6 is 27.5 Å². The van der Waals surface area contributed by atoms with Crippen molar-refractivity contribution < 1.29 is 0 Å². The van der Waals surface area contributed by atoms with Crippen LogP contribution in [0.25, 0.3) is 0 Å². The second-order valence-electron chi connectivity index (χ2n) is 6.13. The van der Waals surface area contributed by atoms with Crippen molar-refractivity contribution >= 4 is 33.2 Å². The SMILES string of the molecule is Cc1c(Cl)ccc2c1NC(c1ccccc1Br)C1CC=CC21. The number of anilines is 1. The van der Waals surface area contributed by atoms with Gasteiger partial charge in [0, 0.05) is 21.1 Å². The van der Waals surface area contributed by atoms with E-state index in [1.54, 1.807) is 0 Å². The molecule has 1 N–H and O–H groups in total. The van der Waals surface area contributed by atoms with E-state index in [-0.39, 0.29) is 0 Å². The number of hydrogen-bond acceptors (Lipinski definition) is 1. The molecular formula is C19H17BrClN. The summed E-state index contributed by atoms with van der Waals surface area (Å²) in [6.07, 6.45) is 5.80. The van der Waals surface area contributed by atoms with Gasteiger partial charge >= 0.3 is 0 Å². The highest BCUT2D eigenvalue weighted by molar-refractivity contribution is 9.10. The molecule has 4 rings (SSSR count). The maximum atomic E-state index is 6.35. The molecule has 1 heterocycles. The fourth-order valence-corrected chi connectivity index (χ4v) is 4.51. The van der Waals surface area contributed by atoms with Gasteiger partial charge in [-0.15, -0.1) is 0 Å². The lowest BCUT2D eigenvalue weighted by Crippen LogP contribution is -2.29. The lowest BCUT2D eigenvalue weighted by atomic mass is 9.76. The summed E-state index contributed by atoms with van der Waals surface area (Å²) in [6, 6.07) is 13.0. The Hall–Kier alpha value is -1.25. The number of hydrogen-bond donors (Lipinski definition) is 1. The van der Waals surface area contributed by atoms with Crippen molar-refractivity contribution in [2.24, 2.45) is 5.92 Å². The standard InChI is InChI=1S/C19H17BrClN/c1-11-17(21)10-9-14-12-6-4-7-13(12)19(22-18(11)14)15-5-2-3-8-16(15)20/h2-6,8-10,12-13,19,22H,7H2,1H3. The molecule has 0 radical (unpaired) electrons. The predicted molar refractivity (Wildman–Crippen MR) is 96.7 cm³/mol. The Balaban J connectivity index is 1.87. The first-order chi connectivity index (χ1) is 10.7. The van der Waals surface area contributed by atoms with E-state index < -0.39 is 0 Å². The topological polar surface area (TPSA) is 12.0 Å². The highest BCUT2D eigenvalue weighted by Crippen LogP contribution is 2.52. The summed E-state index contributed by atoms with van der Waals surface area (Å²) >= 11 is 10.1. The van der Waals surface area contributed by atoms with E-state index in [0.717, 1.165) is 17.0 Å². The van der Waals surface area contributed by atoms with Crippen LogP contribution in [0.15, 0.2) is 53.0 Å². The van der Waals surface area contributed by atoms with Gasteiger partial charge in [-0.05, 0) is 48.1 Å². The van der Waals surface area contributed by atoms with E-state index in [4.69, 9.17) is 11.6 Å². The molecule has 1 nitrogen and oxygen atoms in total. The van der Waals surface area contributed by atoms with Crippen LogP contribution in [0.4, 0.5) is 5.69 Å². The van der Waals surface area contributed by atoms with Crippen LogP contribution in [0.5, 0.6) is 0 Å². The molecule has 0 spiro atoms. The first kappa shape index (κ1) is 14.3. The smallest absolute Gasteiger partial charge is 0.0565 e. The van der Waals surface area contributed by atoms with Crippen molar-refractivity contribution in [1.82, 2.24) is 0 Å². The molecule has 3 unspecified atom stereocenters. The average molecular weight is 375 g/mol. The lowest BCUT2D eigenvalue weighted by Gasteiger charge is -2.38. The zero-order chi connectivity index (χ0) is 15.3. The third-order valence-corrected chi connectivity index (χ3v) is 6.10. The van der Waals surface area contributed by atoms with Gasteiger partial charge in [0.05, 0.1) is 6.04 Å². The van der Waals surface area contributed by atoms with Gasteiger partial charge in [0.25, 0.3) is 0 Å². The quantitative estimate of drug-likeness (QED) is 0.583. The van der Waals surface area contributed by atoms with Gasteiger partial charge in [0.15, 0.2) is 0 Å². The minimum absolute atomic E-state index is 0.306. The van der Waals surface area contributed by atoms with Gasteiger partial charge in [-0.2, -0.15) is 0 Å². The molecule has 0 fully saturated rings. The molecule has 1 aliphatic heterocycles. The Kier molecular flexibility index (Phi) is 3.54. The van der Waals surface area contributed by atoms with Gasteiger partial charge in [-0.1, -0.05) is 63.9 Å². The van der Waals surface area contributed by atoms with E-state index in [9.17, 15) is 0 Å². The third kappa shape index (κ3) is 2.12. The zero-order valence-electron chi connectivity index (χ0n) is 12.3. The van der Waals surface area contributed by atoms with Crippen molar-refractivity contribution in [3.05, 3.63) is 74.7 Å². The first-order valence-electron chi connectivity index (χ1n) is 7.63. The summed E-state index contributed by atoms with van der Waals surface area (Å²) in [7, 11) is 0. The van der Waals surface area contributed by atoms with Crippen molar-refractivity contribution in [2.75, 3.05) is 5.32 Å². The number of fused-ring (bicyclic) bond motifs is 3. The number of rotatable bonds is 1. The Bertz CT molecular complexity index is 768. The van der Waals surface area contributed by atoms with Crippen molar-refractivity contribution in [3.63, 3.8) is 0 Å². The Morgan fingerprint density at radius 3 is 2.77 bits per heavy atom. The molecule has 112 valence electrons. The minimum Gasteiger partial charge on any atom is -0.377 e. The fourth-order valence-electron chi connectivity index (χ4n) is 3.82. The van der Waals surface area contributed by atoms with Crippen molar-refractivity contribution in [3.8, 4) is 0 Å². The molecule has 2 aromatic carbocycles. The molecule has 0 amide bonds. The molecule has 0 aromatic heterocycles. The van der Waals surface area contributed by atoms with E-state index in [0.29, 0.717) is 17.9 Å². The molecule has 22 heavy (non-hydrogen) atoms. The zero-order valence-corrected chi connectivity index (χ0v) is 14.7. The highest BCUT2D eigenvalue weighted by atomic mass is 79.9. The summed E-state index contributed by atoms with van der Waals surface area (Å²) in [5.74, 6) is 1.04. The molecule has 3 atom stereocenters. The monoisotopic (exact) mass is 373 g/mol. The molecule has 2 aliphatic rings. The second-order valence-corrected chi connectivity index (χ2v) is 7.40. The molecule has 0 bridgehead atoms. The van der Waals surface area contributed by atoms with Gasteiger partial charge < -0.3 is 5.32 Å². The molecule has 1 aliphatic carbocycles. The molecule has 3 heteroatoms. The lowest BCUT2D eigenvalue weighted by molar-refractivity contribution is 0.424. The molecule has 0 saturated heterocycles. The summed E-state index contributed by atoms with van der Waals surface area (Å²) in [6.45, 7) is 2.10. The summed E-state index contributed by atoms with van der Waals surface area (Å²) in [4.78, 5) is 0. The molecule has 0 saturated carbocycles. The first-order valence-corrected chi connectivity index (χ1v) is 8.80. The number of halogens is 2. The highest BCUT2D eigenvalue weighted by Gasteiger charge is 2.39. The minimum atomic E-state index is 0.306.